The van der Waals surface area contributed by atoms with Crippen LogP contribution in [0, 0.1) is 6.92 Å². The SMILES string of the molecule is C=CCCCC(N)c1cc(C)cc(Br)c1. The van der Waals surface area contributed by atoms with Crippen LogP contribution < -0.4 is 5.73 Å². The fourth-order valence-electron chi connectivity index (χ4n) is 1.63. The van der Waals surface area contributed by atoms with Gasteiger partial charge in [-0.05, 0) is 49.4 Å². The molecule has 2 N–H and O–H groups in total. The van der Waals surface area contributed by atoms with E-state index in [0.717, 1.165) is 23.7 Å². The Bertz CT molecular complexity index is 313. The number of allylic oxidation sites excluding steroid dienone is 1. The van der Waals surface area contributed by atoms with Crippen molar-refractivity contribution in [3.05, 3.63) is 46.5 Å². The zero-order valence-electron chi connectivity index (χ0n) is 9.17. The summed E-state index contributed by atoms with van der Waals surface area (Å²) in [6.07, 6.45) is 5.11. The Kier molecular flexibility index (Phi) is 5.06. The zero-order valence-corrected chi connectivity index (χ0v) is 10.8. The number of hydrogen-bond donors (Lipinski definition) is 1. The first-order valence-corrected chi connectivity index (χ1v) is 6.06. The summed E-state index contributed by atoms with van der Waals surface area (Å²) in [5, 5.41) is 0. The Balaban J connectivity index is 2.64. The number of benzene rings is 1. The maximum atomic E-state index is 6.12. The largest absolute Gasteiger partial charge is 0.324 e. The molecule has 2 heteroatoms. The summed E-state index contributed by atoms with van der Waals surface area (Å²) in [7, 11) is 0. The Hall–Kier alpha value is -0.600. The van der Waals surface area contributed by atoms with Crippen LogP contribution in [-0.2, 0) is 0 Å². The molecule has 1 rings (SSSR count). The van der Waals surface area contributed by atoms with Crippen LogP contribution in [0.1, 0.15) is 36.4 Å². The summed E-state index contributed by atoms with van der Waals surface area (Å²) in [4.78, 5) is 0. The van der Waals surface area contributed by atoms with E-state index in [1.807, 2.05) is 6.08 Å². The van der Waals surface area contributed by atoms with E-state index in [4.69, 9.17) is 5.73 Å². The molecular formula is C13H18BrN. The molecule has 0 radical (unpaired) electrons. The van der Waals surface area contributed by atoms with Gasteiger partial charge in [-0.25, -0.2) is 0 Å². The predicted molar refractivity (Wildman–Crippen MR) is 69.9 cm³/mol. The van der Waals surface area contributed by atoms with Crippen molar-refractivity contribution in [2.24, 2.45) is 5.73 Å². The molecule has 0 heterocycles. The highest BCUT2D eigenvalue weighted by Crippen LogP contribution is 2.22. The lowest BCUT2D eigenvalue weighted by Gasteiger charge is -2.12. The van der Waals surface area contributed by atoms with Crippen LogP contribution in [0.25, 0.3) is 0 Å². The van der Waals surface area contributed by atoms with Gasteiger partial charge < -0.3 is 5.73 Å². The van der Waals surface area contributed by atoms with E-state index in [9.17, 15) is 0 Å². The summed E-state index contributed by atoms with van der Waals surface area (Å²) in [6, 6.07) is 6.50. The van der Waals surface area contributed by atoms with Gasteiger partial charge in [0, 0.05) is 10.5 Å². The molecule has 0 aliphatic rings. The van der Waals surface area contributed by atoms with E-state index in [1.54, 1.807) is 0 Å². The topological polar surface area (TPSA) is 26.0 Å². The normalized spacial score (nSPS) is 12.5. The third-order valence-corrected chi connectivity index (χ3v) is 2.87. The van der Waals surface area contributed by atoms with E-state index in [-0.39, 0.29) is 6.04 Å². The Morgan fingerprint density at radius 3 is 2.80 bits per heavy atom. The molecule has 15 heavy (non-hydrogen) atoms. The molecule has 0 aliphatic heterocycles. The molecule has 0 aromatic heterocycles. The van der Waals surface area contributed by atoms with Gasteiger partial charge in [-0.2, -0.15) is 0 Å². The number of unbranched alkanes of at least 4 members (excludes halogenated alkanes) is 1. The molecule has 1 aromatic rings. The predicted octanol–water partition coefficient (Wildman–Crippen LogP) is 4.11. The first kappa shape index (κ1) is 12.5. The van der Waals surface area contributed by atoms with Crippen LogP contribution >= 0.6 is 15.9 Å². The van der Waals surface area contributed by atoms with Crippen molar-refractivity contribution < 1.29 is 0 Å². The number of rotatable bonds is 5. The van der Waals surface area contributed by atoms with Crippen LogP contribution in [0.5, 0.6) is 0 Å². The monoisotopic (exact) mass is 267 g/mol. The van der Waals surface area contributed by atoms with E-state index in [2.05, 4.69) is 47.6 Å². The molecule has 0 aliphatic carbocycles. The van der Waals surface area contributed by atoms with Gasteiger partial charge >= 0.3 is 0 Å². The minimum atomic E-state index is 0.140. The van der Waals surface area contributed by atoms with Crippen molar-refractivity contribution in [2.75, 3.05) is 0 Å². The van der Waals surface area contributed by atoms with Crippen LogP contribution in [0.15, 0.2) is 35.3 Å². The van der Waals surface area contributed by atoms with Crippen molar-refractivity contribution in [3.63, 3.8) is 0 Å². The third kappa shape index (κ3) is 4.18. The van der Waals surface area contributed by atoms with Crippen molar-refractivity contribution in [1.82, 2.24) is 0 Å². The molecule has 0 amide bonds. The maximum absolute atomic E-state index is 6.12. The summed E-state index contributed by atoms with van der Waals surface area (Å²) >= 11 is 3.49. The minimum Gasteiger partial charge on any atom is -0.324 e. The lowest BCUT2D eigenvalue weighted by molar-refractivity contribution is 0.617. The number of nitrogens with two attached hydrogens (primary N) is 1. The Morgan fingerprint density at radius 2 is 2.20 bits per heavy atom. The Morgan fingerprint density at radius 1 is 1.47 bits per heavy atom. The van der Waals surface area contributed by atoms with Gasteiger partial charge in [0.1, 0.15) is 0 Å². The highest BCUT2D eigenvalue weighted by Gasteiger charge is 2.06. The first-order chi connectivity index (χ1) is 7.13. The quantitative estimate of drug-likeness (QED) is 0.631. The van der Waals surface area contributed by atoms with Crippen molar-refractivity contribution in [3.8, 4) is 0 Å². The second kappa shape index (κ2) is 6.09. The van der Waals surface area contributed by atoms with Gasteiger partial charge in [0.25, 0.3) is 0 Å². The standard InChI is InChI=1S/C13H18BrN/c1-3-4-5-6-13(15)11-7-10(2)8-12(14)9-11/h3,7-9,13H,1,4-6,15H2,2H3. The Labute approximate surface area is 101 Å². The molecule has 0 fully saturated rings. The number of halogens is 1. The van der Waals surface area contributed by atoms with Gasteiger partial charge in [0.05, 0.1) is 0 Å². The number of aryl methyl sites for hydroxylation is 1. The van der Waals surface area contributed by atoms with Gasteiger partial charge in [0.15, 0.2) is 0 Å². The van der Waals surface area contributed by atoms with E-state index >= 15 is 0 Å². The van der Waals surface area contributed by atoms with Crippen LogP contribution in [0.2, 0.25) is 0 Å². The molecule has 0 saturated heterocycles. The molecule has 1 aromatic carbocycles. The van der Waals surface area contributed by atoms with Crippen molar-refractivity contribution in [2.45, 2.75) is 32.2 Å². The van der Waals surface area contributed by atoms with Crippen LogP contribution in [-0.4, -0.2) is 0 Å². The van der Waals surface area contributed by atoms with Crippen molar-refractivity contribution >= 4 is 15.9 Å². The average Bonchev–Trinajstić information content (AvgIpc) is 2.16. The second-order valence-corrected chi connectivity index (χ2v) is 4.80. The average molecular weight is 268 g/mol. The highest BCUT2D eigenvalue weighted by atomic mass is 79.9. The van der Waals surface area contributed by atoms with Gasteiger partial charge in [-0.1, -0.05) is 28.1 Å². The molecule has 1 unspecified atom stereocenters. The summed E-state index contributed by atoms with van der Waals surface area (Å²) in [5.74, 6) is 0. The molecule has 1 nitrogen and oxygen atoms in total. The fraction of sp³-hybridized carbons (Fsp3) is 0.385. The van der Waals surface area contributed by atoms with Crippen LogP contribution in [0.3, 0.4) is 0 Å². The van der Waals surface area contributed by atoms with Gasteiger partial charge in [0.2, 0.25) is 0 Å². The van der Waals surface area contributed by atoms with Gasteiger partial charge in [-0.3, -0.25) is 0 Å². The molecule has 1 atom stereocenters. The van der Waals surface area contributed by atoms with Crippen LogP contribution in [0.4, 0.5) is 0 Å². The van der Waals surface area contributed by atoms with E-state index in [1.165, 1.54) is 11.1 Å². The zero-order chi connectivity index (χ0) is 11.3. The van der Waals surface area contributed by atoms with E-state index < -0.39 is 0 Å². The highest BCUT2D eigenvalue weighted by molar-refractivity contribution is 9.10. The third-order valence-electron chi connectivity index (χ3n) is 2.42. The fourth-order valence-corrected chi connectivity index (χ4v) is 2.25. The summed E-state index contributed by atoms with van der Waals surface area (Å²) in [6.45, 7) is 5.80. The maximum Gasteiger partial charge on any atom is 0.0295 e. The molecule has 82 valence electrons. The first-order valence-electron chi connectivity index (χ1n) is 5.27. The minimum absolute atomic E-state index is 0.140. The summed E-state index contributed by atoms with van der Waals surface area (Å²) < 4.78 is 1.11. The molecule has 0 bridgehead atoms. The molecule has 0 saturated carbocycles. The number of hydrogen-bond acceptors (Lipinski definition) is 1. The van der Waals surface area contributed by atoms with Gasteiger partial charge in [-0.15, -0.1) is 6.58 Å². The smallest absolute Gasteiger partial charge is 0.0295 e. The molecular weight excluding hydrogens is 250 g/mol. The van der Waals surface area contributed by atoms with E-state index in [0.29, 0.717) is 0 Å². The second-order valence-electron chi connectivity index (χ2n) is 3.89. The lowest BCUT2D eigenvalue weighted by atomic mass is 10.0. The lowest BCUT2D eigenvalue weighted by Crippen LogP contribution is -2.10. The summed E-state index contributed by atoms with van der Waals surface area (Å²) in [5.41, 5.74) is 8.58. The molecule has 0 spiro atoms. The van der Waals surface area contributed by atoms with Crippen molar-refractivity contribution in [1.29, 1.82) is 0 Å².